The molecule has 4 rings (SSSR count). The van der Waals surface area contributed by atoms with Gasteiger partial charge in [0.05, 0.1) is 5.56 Å². The molecule has 0 saturated carbocycles. The van der Waals surface area contributed by atoms with Gasteiger partial charge in [0, 0.05) is 60.1 Å². The first-order chi connectivity index (χ1) is 26.8. The highest BCUT2D eigenvalue weighted by Crippen LogP contribution is 2.37. The lowest BCUT2D eigenvalue weighted by molar-refractivity contribution is -0.358. The fourth-order valence-corrected chi connectivity index (χ4v) is 6.15. The first kappa shape index (κ1) is 43.8. The first-order valence-corrected chi connectivity index (χ1v) is 17.2. The molecule has 0 bridgehead atoms. The minimum absolute atomic E-state index is 0.141. The Balaban J connectivity index is 1.83. The van der Waals surface area contributed by atoms with E-state index in [-0.39, 0.29) is 5.56 Å². The predicted octanol–water partition coefficient (Wildman–Crippen LogP) is 0.291. The molecule has 57 heavy (non-hydrogen) atoms. The Hall–Kier alpha value is -5.93. The second kappa shape index (κ2) is 18.8. The van der Waals surface area contributed by atoms with Crippen LogP contribution in [-0.2, 0) is 85.7 Å². The molecular weight excluding hydrogens is 768 g/mol. The highest BCUT2D eigenvalue weighted by atomic mass is 16.8. The van der Waals surface area contributed by atoms with Crippen molar-refractivity contribution in [2.24, 2.45) is 0 Å². The van der Waals surface area contributed by atoms with E-state index in [0.717, 1.165) is 60.6 Å². The largest absolute Gasteiger partial charge is 0.507 e. The van der Waals surface area contributed by atoms with Crippen molar-refractivity contribution in [1.29, 1.82) is 0 Å². The van der Waals surface area contributed by atoms with Gasteiger partial charge in [0.15, 0.2) is 42.2 Å². The molecule has 310 valence electrons. The lowest BCUT2D eigenvalue weighted by Gasteiger charge is -2.48. The van der Waals surface area contributed by atoms with Crippen LogP contribution in [0.1, 0.15) is 69.2 Å². The molecular formula is C36H40O21. The summed E-state index contributed by atoms with van der Waals surface area (Å²) in [5, 5.41) is 10.4. The van der Waals surface area contributed by atoms with E-state index < -0.39 is 145 Å². The van der Waals surface area contributed by atoms with Gasteiger partial charge in [0.2, 0.25) is 18.2 Å². The summed E-state index contributed by atoms with van der Waals surface area (Å²) in [5.74, 6) is -9.51. The Morgan fingerprint density at radius 1 is 0.579 bits per heavy atom. The van der Waals surface area contributed by atoms with Crippen LogP contribution in [0.2, 0.25) is 0 Å². The van der Waals surface area contributed by atoms with Crippen molar-refractivity contribution in [3.8, 4) is 5.75 Å². The molecule has 10 atom stereocenters. The number of benzene rings is 1. The van der Waals surface area contributed by atoms with Crippen molar-refractivity contribution in [1.82, 2.24) is 0 Å². The number of aromatic hydroxyl groups is 1. The van der Waals surface area contributed by atoms with Gasteiger partial charge in [-0.2, -0.15) is 0 Å². The van der Waals surface area contributed by atoms with Crippen molar-refractivity contribution in [3.05, 3.63) is 41.2 Å². The number of fused-ring (bicyclic) bond motifs is 1. The summed E-state index contributed by atoms with van der Waals surface area (Å²) in [5.41, 5.74) is -0.546. The summed E-state index contributed by atoms with van der Waals surface area (Å²) in [6.45, 7) is 5.64. The summed E-state index contributed by atoms with van der Waals surface area (Å²) in [4.78, 5) is 113. The van der Waals surface area contributed by atoms with Crippen LogP contribution >= 0.6 is 0 Å². The molecule has 2 saturated heterocycles. The zero-order valence-corrected chi connectivity index (χ0v) is 31.6. The van der Waals surface area contributed by atoms with Crippen LogP contribution in [0.15, 0.2) is 30.0 Å². The summed E-state index contributed by atoms with van der Waals surface area (Å²) in [7, 11) is 0. The number of Topliss-reactive ketones (excluding diaryl/α,β-unsaturated/α-hetero) is 1. The third-order valence-corrected chi connectivity index (χ3v) is 8.15. The Bertz CT molecular complexity index is 1820. The van der Waals surface area contributed by atoms with Crippen molar-refractivity contribution < 1.29 is 100 Å². The summed E-state index contributed by atoms with van der Waals surface area (Å²) >= 11 is 0. The predicted molar refractivity (Wildman–Crippen MR) is 179 cm³/mol. The molecule has 3 aliphatic rings. The topological polar surface area (TPSA) is 275 Å². The van der Waals surface area contributed by atoms with Crippen molar-refractivity contribution in [3.63, 3.8) is 0 Å². The molecule has 0 aromatic heterocycles. The van der Waals surface area contributed by atoms with Crippen LogP contribution in [0.3, 0.4) is 0 Å². The lowest BCUT2D eigenvalue weighted by atomic mass is 9.92. The molecule has 1 aliphatic carbocycles. The number of rotatable bonds is 13. The molecule has 2 aliphatic heterocycles. The second-order valence-electron chi connectivity index (χ2n) is 12.7. The minimum atomic E-state index is -1.94. The van der Waals surface area contributed by atoms with E-state index in [2.05, 4.69) is 0 Å². The summed E-state index contributed by atoms with van der Waals surface area (Å²) < 4.78 is 61.8. The van der Waals surface area contributed by atoms with Crippen LogP contribution in [0.25, 0.3) is 0 Å². The minimum Gasteiger partial charge on any atom is -0.507 e. The third-order valence-electron chi connectivity index (χ3n) is 8.15. The van der Waals surface area contributed by atoms with Gasteiger partial charge < -0.3 is 57.2 Å². The maximum Gasteiger partial charge on any atom is 0.303 e. The number of ether oxygens (including phenoxy) is 11. The highest BCUT2D eigenvalue weighted by Gasteiger charge is 2.58. The zero-order valence-electron chi connectivity index (χ0n) is 31.6. The van der Waals surface area contributed by atoms with Crippen LogP contribution in [0, 0.1) is 0 Å². The number of allylic oxidation sites excluding steroid dienone is 2. The Kier molecular flexibility index (Phi) is 14.4. The number of esters is 7. The van der Waals surface area contributed by atoms with E-state index in [4.69, 9.17) is 52.1 Å². The molecule has 21 nitrogen and oxygen atoms in total. The van der Waals surface area contributed by atoms with Gasteiger partial charge in [-0.25, -0.2) is 0 Å². The van der Waals surface area contributed by atoms with Crippen molar-refractivity contribution >= 4 is 53.4 Å². The van der Waals surface area contributed by atoms with E-state index in [1.165, 1.54) is 12.1 Å². The van der Waals surface area contributed by atoms with Gasteiger partial charge in [0.1, 0.15) is 37.3 Å². The number of phenolic OH excluding ortho intramolecular Hbond substituents is 1. The fourth-order valence-electron chi connectivity index (χ4n) is 6.15. The number of hydrogen-bond donors (Lipinski definition) is 1. The molecule has 0 spiro atoms. The van der Waals surface area contributed by atoms with E-state index in [0.29, 0.717) is 0 Å². The Morgan fingerprint density at radius 2 is 1.02 bits per heavy atom. The molecule has 21 heteroatoms. The molecule has 2 heterocycles. The SMILES string of the molecule is CC(=O)OCC1OC(OC2C(COC(C)=O)OC(OC3=CC(=O)c4cccc(O)c4C3=O)C(OC(C)=O)C2OC(C)=O)C(OC(C)=O)C(OC(C)=O)C1OC(C)=O. The number of carbonyl (C=O) groups is 9. The van der Waals surface area contributed by atoms with E-state index >= 15 is 0 Å². The monoisotopic (exact) mass is 808 g/mol. The zero-order chi connectivity index (χ0) is 42.3. The highest BCUT2D eigenvalue weighted by molar-refractivity contribution is 6.24. The molecule has 2 fully saturated rings. The van der Waals surface area contributed by atoms with Crippen LogP contribution < -0.4 is 0 Å². The summed E-state index contributed by atoms with van der Waals surface area (Å²) in [6.07, 6.45) is -16.8. The maximum absolute atomic E-state index is 13.5. The maximum atomic E-state index is 13.5. The van der Waals surface area contributed by atoms with E-state index in [1.54, 1.807) is 0 Å². The van der Waals surface area contributed by atoms with Gasteiger partial charge in [-0.05, 0) is 6.07 Å². The van der Waals surface area contributed by atoms with Crippen molar-refractivity contribution in [2.75, 3.05) is 13.2 Å². The molecule has 0 amide bonds. The normalized spacial score (nSPS) is 28.0. The van der Waals surface area contributed by atoms with Crippen LogP contribution in [-0.4, -0.2) is 133 Å². The Morgan fingerprint density at radius 3 is 1.53 bits per heavy atom. The third kappa shape index (κ3) is 11.1. The van der Waals surface area contributed by atoms with Crippen molar-refractivity contribution in [2.45, 2.75) is 110 Å². The van der Waals surface area contributed by atoms with Gasteiger partial charge in [-0.3, -0.25) is 43.2 Å². The first-order valence-electron chi connectivity index (χ1n) is 17.2. The number of carbonyl (C=O) groups excluding carboxylic acids is 9. The number of phenols is 1. The summed E-state index contributed by atoms with van der Waals surface area (Å²) in [6, 6.07) is 3.80. The average Bonchev–Trinajstić information content (AvgIpc) is 3.09. The van der Waals surface area contributed by atoms with Gasteiger partial charge in [0.25, 0.3) is 0 Å². The molecule has 0 radical (unpaired) electrons. The molecule has 1 aromatic carbocycles. The smallest absolute Gasteiger partial charge is 0.303 e. The molecule has 1 aromatic rings. The number of ketones is 2. The standard InChI is InChI=1S/C36H40O21/c1-14(37)47-12-25-29(49-16(3)39)31(50-17(4)40)34(53-20(7)43)36(56-25)57-30-26(13-48-15(2)38)55-35(33(52-19(6)42)32(30)51-18(5)41)54-24-11-23(45)21-9-8-10-22(44)27(21)28(24)46/h8-11,25-26,29-36,44H,12-13H2,1-7H3. The number of hydrogen-bond acceptors (Lipinski definition) is 21. The average molecular weight is 809 g/mol. The second-order valence-corrected chi connectivity index (χ2v) is 12.7. The van der Waals surface area contributed by atoms with E-state index in [9.17, 15) is 48.3 Å². The molecule has 10 unspecified atom stereocenters. The fraction of sp³-hybridized carbons (Fsp3) is 0.528. The molecule has 1 N–H and O–H groups in total. The van der Waals surface area contributed by atoms with E-state index in [1.807, 2.05) is 0 Å². The van der Waals surface area contributed by atoms with Gasteiger partial charge >= 0.3 is 41.8 Å². The van der Waals surface area contributed by atoms with Crippen LogP contribution in [0.5, 0.6) is 5.75 Å². The van der Waals surface area contributed by atoms with Gasteiger partial charge in [-0.1, -0.05) is 12.1 Å². The quantitative estimate of drug-likeness (QED) is 0.207. The van der Waals surface area contributed by atoms with Gasteiger partial charge in [-0.15, -0.1) is 0 Å². The lowest BCUT2D eigenvalue weighted by Crippen LogP contribution is -2.67. The van der Waals surface area contributed by atoms with Crippen LogP contribution in [0.4, 0.5) is 0 Å². The Labute approximate surface area is 323 Å².